The fraction of sp³-hybridized carbons (Fsp3) is 0.235. The highest BCUT2D eigenvalue weighted by atomic mass is 35.5. The van der Waals surface area contributed by atoms with Gasteiger partial charge in [-0.3, -0.25) is 4.72 Å². The molecule has 0 radical (unpaired) electrons. The van der Waals surface area contributed by atoms with Crippen LogP contribution < -0.4 is 9.62 Å². The van der Waals surface area contributed by atoms with E-state index in [1.54, 1.807) is 44.1 Å². The lowest BCUT2D eigenvalue weighted by Crippen LogP contribution is -2.19. The molecule has 0 aliphatic heterocycles. The van der Waals surface area contributed by atoms with Gasteiger partial charge in [0.05, 0.1) is 34.0 Å². The van der Waals surface area contributed by atoms with Gasteiger partial charge in [-0.15, -0.1) is 0 Å². The number of rotatable bonds is 5. The van der Waals surface area contributed by atoms with Gasteiger partial charge in [0, 0.05) is 14.1 Å². The van der Waals surface area contributed by atoms with Crippen LogP contribution in [-0.2, 0) is 14.8 Å². The molecule has 0 bridgehead atoms. The van der Waals surface area contributed by atoms with Gasteiger partial charge >= 0.3 is 5.97 Å². The molecule has 2 rings (SSSR count). The number of nitrogens with one attached hydrogen (secondary N) is 1. The van der Waals surface area contributed by atoms with Crippen LogP contribution in [0.2, 0.25) is 5.02 Å². The molecule has 8 heteroatoms. The summed E-state index contributed by atoms with van der Waals surface area (Å²) in [7, 11) is 0.854. The minimum atomic E-state index is -3.92. The molecule has 0 aliphatic carbocycles. The highest BCUT2D eigenvalue weighted by Gasteiger charge is 2.23. The van der Waals surface area contributed by atoms with E-state index >= 15 is 0 Å². The number of carbonyl (C=O) groups excluding carboxylic acids is 1. The predicted molar refractivity (Wildman–Crippen MR) is 99.1 cm³/mol. The number of methoxy groups -OCH3 is 1. The monoisotopic (exact) mass is 382 g/mol. The number of anilines is 2. The van der Waals surface area contributed by atoms with E-state index in [9.17, 15) is 13.2 Å². The van der Waals surface area contributed by atoms with Gasteiger partial charge in [0.2, 0.25) is 0 Å². The molecule has 0 atom stereocenters. The maximum atomic E-state index is 12.8. The highest BCUT2D eigenvalue weighted by Crippen LogP contribution is 2.34. The molecule has 25 heavy (non-hydrogen) atoms. The zero-order valence-corrected chi connectivity index (χ0v) is 15.9. The fourth-order valence-corrected chi connectivity index (χ4v) is 4.17. The lowest BCUT2D eigenvalue weighted by atomic mass is 10.1. The first-order valence-electron chi connectivity index (χ1n) is 7.35. The maximum absolute atomic E-state index is 12.8. The third-order valence-electron chi connectivity index (χ3n) is 3.66. The summed E-state index contributed by atoms with van der Waals surface area (Å²) in [5.41, 5.74) is 1.41. The van der Waals surface area contributed by atoms with Crippen LogP contribution in [0.5, 0.6) is 0 Å². The molecule has 0 unspecified atom stereocenters. The Morgan fingerprint density at radius 1 is 1.16 bits per heavy atom. The minimum Gasteiger partial charge on any atom is -0.465 e. The Bertz CT molecular complexity index is 911. The summed E-state index contributed by atoms with van der Waals surface area (Å²) < 4.78 is 32.9. The number of sulfonamides is 1. The van der Waals surface area contributed by atoms with E-state index in [0.717, 1.165) is 0 Å². The molecule has 0 aliphatic rings. The van der Waals surface area contributed by atoms with Crippen molar-refractivity contribution < 1.29 is 17.9 Å². The van der Waals surface area contributed by atoms with Crippen molar-refractivity contribution in [1.82, 2.24) is 0 Å². The maximum Gasteiger partial charge on any atom is 0.338 e. The summed E-state index contributed by atoms with van der Waals surface area (Å²) in [4.78, 5) is 13.5. The number of para-hydroxylation sites is 1. The van der Waals surface area contributed by atoms with Gasteiger partial charge in [-0.05, 0) is 36.8 Å². The summed E-state index contributed by atoms with van der Waals surface area (Å²) in [6.45, 7) is 1.56. The lowest BCUT2D eigenvalue weighted by molar-refractivity contribution is 0.0599. The van der Waals surface area contributed by atoms with Crippen LogP contribution >= 0.6 is 11.6 Å². The first-order valence-corrected chi connectivity index (χ1v) is 9.21. The molecule has 0 amide bonds. The van der Waals surface area contributed by atoms with E-state index in [1.165, 1.54) is 25.3 Å². The second kappa shape index (κ2) is 7.33. The first-order chi connectivity index (χ1) is 11.7. The van der Waals surface area contributed by atoms with Crippen molar-refractivity contribution in [3.63, 3.8) is 0 Å². The summed E-state index contributed by atoms with van der Waals surface area (Å²) in [6.07, 6.45) is 0. The second-order valence-corrected chi connectivity index (χ2v) is 7.61. The Morgan fingerprint density at radius 3 is 2.40 bits per heavy atom. The van der Waals surface area contributed by atoms with Gasteiger partial charge in [-0.25, -0.2) is 13.2 Å². The van der Waals surface area contributed by atoms with E-state index in [0.29, 0.717) is 22.0 Å². The largest absolute Gasteiger partial charge is 0.465 e. The number of carbonyl (C=O) groups is 1. The van der Waals surface area contributed by atoms with Crippen molar-refractivity contribution >= 4 is 39.0 Å². The third-order valence-corrected chi connectivity index (χ3v) is 5.47. The summed E-state index contributed by atoms with van der Waals surface area (Å²) in [5, 5.41) is 0.422. The zero-order valence-electron chi connectivity index (χ0n) is 14.3. The fourth-order valence-electron chi connectivity index (χ4n) is 2.49. The summed E-state index contributed by atoms with van der Waals surface area (Å²) in [5.74, 6) is -0.591. The van der Waals surface area contributed by atoms with Crippen molar-refractivity contribution in [3.8, 4) is 0 Å². The van der Waals surface area contributed by atoms with Crippen molar-refractivity contribution in [2.45, 2.75) is 11.8 Å². The van der Waals surface area contributed by atoms with E-state index < -0.39 is 16.0 Å². The molecule has 0 aromatic heterocycles. The SMILES string of the molecule is COC(=O)c1cccc(S(=O)(=O)Nc2cccc(Cl)c2N(C)C)c1C. The van der Waals surface area contributed by atoms with Crippen LogP contribution in [-0.4, -0.2) is 35.6 Å². The molecular formula is C17H19ClN2O4S. The van der Waals surface area contributed by atoms with Crippen LogP contribution in [0.1, 0.15) is 15.9 Å². The summed E-state index contributed by atoms with van der Waals surface area (Å²) in [6, 6.07) is 9.41. The van der Waals surface area contributed by atoms with Crippen molar-refractivity contribution in [2.24, 2.45) is 0 Å². The third kappa shape index (κ3) is 3.88. The normalized spacial score (nSPS) is 11.1. The molecule has 134 valence electrons. The van der Waals surface area contributed by atoms with Crippen LogP contribution in [0, 0.1) is 6.92 Å². The lowest BCUT2D eigenvalue weighted by Gasteiger charge is -2.20. The number of halogens is 1. The minimum absolute atomic E-state index is 0.0000756. The quantitative estimate of drug-likeness (QED) is 0.803. The molecular weight excluding hydrogens is 364 g/mol. The molecule has 0 saturated heterocycles. The number of ether oxygens (including phenoxy) is 1. The van der Waals surface area contributed by atoms with E-state index in [4.69, 9.17) is 16.3 Å². The zero-order chi connectivity index (χ0) is 18.8. The standard InChI is InChI=1S/C17H19ClN2O4S/c1-11-12(17(21)24-4)7-5-10-15(11)25(22,23)19-14-9-6-8-13(18)16(14)20(2)3/h5-10,19H,1-4H3. The average Bonchev–Trinajstić information content (AvgIpc) is 2.53. The second-order valence-electron chi connectivity index (χ2n) is 5.56. The smallest absolute Gasteiger partial charge is 0.338 e. The first kappa shape index (κ1) is 19.1. The topological polar surface area (TPSA) is 75.7 Å². The van der Waals surface area contributed by atoms with Gasteiger partial charge in [-0.2, -0.15) is 0 Å². The van der Waals surface area contributed by atoms with Gasteiger partial charge in [0.15, 0.2) is 0 Å². The van der Waals surface area contributed by atoms with Crippen LogP contribution in [0.15, 0.2) is 41.3 Å². The Labute approximate surface area is 152 Å². The highest BCUT2D eigenvalue weighted by molar-refractivity contribution is 7.92. The van der Waals surface area contributed by atoms with Gasteiger partial charge in [-0.1, -0.05) is 23.7 Å². The number of esters is 1. The van der Waals surface area contributed by atoms with Crippen molar-refractivity contribution in [3.05, 3.63) is 52.5 Å². The molecule has 6 nitrogen and oxygen atoms in total. The molecule has 2 aromatic rings. The Kier molecular flexibility index (Phi) is 5.59. The Hall–Kier alpha value is -2.25. The molecule has 0 spiro atoms. The van der Waals surface area contributed by atoms with E-state index in [-0.39, 0.29) is 10.5 Å². The molecule has 0 saturated carbocycles. The molecule has 1 N–H and O–H groups in total. The number of benzene rings is 2. The summed E-state index contributed by atoms with van der Waals surface area (Å²) >= 11 is 6.18. The Morgan fingerprint density at radius 2 is 1.80 bits per heavy atom. The van der Waals surface area contributed by atoms with Crippen LogP contribution in [0.25, 0.3) is 0 Å². The van der Waals surface area contributed by atoms with Gasteiger partial charge in [0.25, 0.3) is 10.0 Å². The molecule has 2 aromatic carbocycles. The van der Waals surface area contributed by atoms with Crippen molar-refractivity contribution in [2.75, 3.05) is 30.8 Å². The number of hydrogen-bond donors (Lipinski definition) is 1. The van der Waals surface area contributed by atoms with Gasteiger partial charge < -0.3 is 9.64 Å². The van der Waals surface area contributed by atoms with Gasteiger partial charge in [0.1, 0.15) is 0 Å². The average molecular weight is 383 g/mol. The molecule has 0 fully saturated rings. The number of nitrogens with zero attached hydrogens (tertiary/aromatic N) is 1. The van der Waals surface area contributed by atoms with E-state index in [2.05, 4.69) is 4.72 Å². The van der Waals surface area contributed by atoms with Crippen molar-refractivity contribution in [1.29, 1.82) is 0 Å². The molecule has 0 heterocycles. The Balaban J connectivity index is 2.52. The number of hydrogen-bond acceptors (Lipinski definition) is 5. The van der Waals surface area contributed by atoms with Crippen LogP contribution in [0.4, 0.5) is 11.4 Å². The van der Waals surface area contributed by atoms with Crippen LogP contribution in [0.3, 0.4) is 0 Å². The van der Waals surface area contributed by atoms with E-state index in [1.807, 2.05) is 0 Å². The predicted octanol–water partition coefficient (Wildman–Crippen LogP) is 3.30.